The minimum Gasteiger partial charge on any atom is -0.466 e. The minimum absolute atomic E-state index is 0.118. The Kier molecular flexibility index (Phi) is 4.53. The standard InChI is InChI=1S/C13H15NO2/c1-3-16-13(15)8-12(9-14)11-6-4-10(2)5-7-11/h4-7,12H,3,8H2,1-2H3. The molecule has 3 heteroatoms. The summed E-state index contributed by atoms with van der Waals surface area (Å²) in [5, 5.41) is 9.01. The van der Waals surface area contributed by atoms with Crippen LogP contribution >= 0.6 is 0 Å². The van der Waals surface area contributed by atoms with Gasteiger partial charge in [-0.3, -0.25) is 4.79 Å². The molecule has 0 aliphatic carbocycles. The Labute approximate surface area is 95.7 Å². The van der Waals surface area contributed by atoms with Crippen LogP contribution in [0.4, 0.5) is 0 Å². The van der Waals surface area contributed by atoms with E-state index in [4.69, 9.17) is 10.00 Å². The van der Waals surface area contributed by atoms with Crippen LogP contribution in [-0.2, 0) is 9.53 Å². The second-order valence-electron chi connectivity index (χ2n) is 3.60. The monoisotopic (exact) mass is 217 g/mol. The molecule has 1 atom stereocenters. The normalized spacial score (nSPS) is 11.6. The molecular formula is C13H15NO2. The Balaban J connectivity index is 2.72. The Hall–Kier alpha value is -1.82. The Bertz CT molecular complexity index is 389. The average molecular weight is 217 g/mol. The molecule has 0 aliphatic rings. The van der Waals surface area contributed by atoms with E-state index in [2.05, 4.69) is 6.07 Å². The first-order valence-corrected chi connectivity index (χ1v) is 5.29. The summed E-state index contributed by atoms with van der Waals surface area (Å²) in [7, 11) is 0. The molecule has 0 N–H and O–H groups in total. The number of hydrogen-bond acceptors (Lipinski definition) is 3. The van der Waals surface area contributed by atoms with Crippen LogP contribution in [0.2, 0.25) is 0 Å². The molecule has 1 aromatic carbocycles. The third kappa shape index (κ3) is 3.39. The number of aryl methyl sites for hydroxylation is 1. The molecule has 0 saturated carbocycles. The van der Waals surface area contributed by atoms with E-state index >= 15 is 0 Å². The summed E-state index contributed by atoms with van der Waals surface area (Å²) in [5.74, 6) is -0.741. The van der Waals surface area contributed by atoms with Crippen molar-refractivity contribution < 1.29 is 9.53 Å². The van der Waals surface area contributed by atoms with Crippen LogP contribution in [0.15, 0.2) is 24.3 Å². The first-order chi connectivity index (χ1) is 7.67. The maximum Gasteiger partial charge on any atom is 0.307 e. The number of carbonyl (C=O) groups excluding carboxylic acids is 1. The SMILES string of the molecule is CCOC(=O)CC(C#N)c1ccc(C)cc1. The van der Waals surface area contributed by atoms with Gasteiger partial charge < -0.3 is 4.74 Å². The predicted molar refractivity (Wildman–Crippen MR) is 60.8 cm³/mol. The van der Waals surface area contributed by atoms with Gasteiger partial charge >= 0.3 is 5.97 Å². The predicted octanol–water partition coefficient (Wildman–Crippen LogP) is 2.56. The minimum atomic E-state index is -0.417. The van der Waals surface area contributed by atoms with Gasteiger partial charge in [-0.2, -0.15) is 5.26 Å². The zero-order valence-corrected chi connectivity index (χ0v) is 9.56. The van der Waals surface area contributed by atoms with E-state index in [1.165, 1.54) is 0 Å². The topological polar surface area (TPSA) is 50.1 Å². The number of nitrogens with zero attached hydrogens (tertiary/aromatic N) is 1. The summed E-state index contributed by atoms with van der Waals surface area (Å²) in [4.78, 5) is 11.3. The van der Waals surface area contributed by atoms with Crippen molar-refractivity contribution in [3.8, 4) is 6.07 Å². The molecule has 16 heavy (non-hydrogen) atoms. The van der Waals surface area contributed by atoms with Crippen molar-refractivity contribution in [1.29, 1.82) is 5.26 Å². The van der Waals surface area contributed by atoms with Crippen molar-refractivity contribution in [3.05, 3.63) is 35.4 Å². The molecule has 0 saturated heterocycles. The zero-order valence-electron chi connectivity index (χ0n) is 9.56. The van der Waals surface area contributed by atoms with Crippen LogP contribution in [0.25, 0.3) is 0 Å². The van der Waals surface area contributed by atoms with Crippen molar-refractivity contribution in [2.75, 3.05) is 6.61 Å². The van der Waals surface area contributed by atoms with Gasteiger partial charge in [-0.25, -0.2) is 0 Å². The van der Waals surface area contributed by atoms with E-state index in [-0.39, 0.29) is 12.4 Å². The molecule has 0 amide bonds. The van der Waals surface area contributed by atoms with Gasteiger partial charge in [0.1, 0.15) is 0 Å². The molecule has 0 bridgehead atoms. The van der Waals surface area contributed by atoms with Gasteiger partial charge in [0.25, 0.3) is 0 Å². The molecule has 3 nitrogen and oxygen atoms in total. The van der Waals surface area contributed by atoms with Gasteiger partial charge in [0.15, 0.2) is 0 Å². The fraction of sp³-hybridized carbons (Fsp3) is 0.385. The van der Waals surface area contributed by atoms with Gasteiger partial charge in [-0.15, -0.1) is 0 Å². The van der Waals surface area contributed by atoms with Crippen molar-refractivity contribution in [1.82, 2.24) is 0 Å². The van der Waals surface area contributed by atoms with E-state index in [0.717, 1.165) is 11.1 Å². The lowest BCUT2D eigenvalue weighted by molar-refractivity contribution is -0.143. The molecule has 0 aromatic heterocycles. The summed E-state index contributed by atoms with van der Waals surface area (Å²) in [6.45, 7) is 4.09. The Morgan fingerprint density at radius 1 is 1.44 bits per heavy atom. The summed E-state index contributed by atoms with van der Waals surface area (Å²) in [6.07, 6.45) is 0.118. The van der Waals surface area contributed by atoms with Gasteiger partial charge in [0, 0.05) is 0 Å². The average Bonchev–Trinajstić information content (AvgIpc) is 2.27. The van der Waals surface area contributed by atoms with Crippen LogP contribution in [0.1, 0.15) is 30.4 Å². The number of carbonyl (C=O) groups is 1. The van der Waals surface area contributed by atoms with Crippen LogP contribution in [-0.4, -0.2) is 12.6 Å². The maximum absolute atomic E-state index is 11.3. The Morgan fingerprint density at radius 3 is 2.56 bits per heavy atom. The van der Waals surface area contributed by atoms with Gasteiger partial charge in [-0.05, 0) is 19.4 Å². The van der Waals surface area contributed by atoms with E-state index in [9.17, 15) is 4.79 Å². The molecule has 0 radical (unpaired) electrons. The Morgan fingerprint density at radius 2 is 2.06 bits per heavy atom. The highest BCUT2D eigenvalue weighted by Crippen LogP contribution is 2.19. The summed E-state index contributed by atoms with van der Waals surface area (Å²) in [6, 6.07) is 9.75. The largest absolute Gasteiger partial charge is 0.466 e. The zero-order chi connectivity index (χ0) is 12.0. The molecule has 0 spiro atoms. The second kappa shape index (κ2) is 5.92. The van der Waals surface area contributed by atoms with Crippen LogP contribution < -0.4 is 0 Å². The highest BCUT2D eigenvalue weighted by Gasteiger charge is 2.15. The summed E-state index contributed by atoms with van der Waals surface area (Å²) in [5.41, 5.74) is 2.00. The molecule has 0 heterocycles. The van der Waals surface area contributed by atoms with Crippen molar-refractivity contribution >= 4 is 5.97 Å². The number of esters is 1. The first-order valence-electron chi connectivity index (χ1n) is 5.29. The number of hydrogen-bond donors (Lipinski definition) is 0. The highest BCUT2D eigenvalue weighted by atomic mass is 16.5. The number of rotatable bonds is 4. The van der Waals surface area contributed by atoms with Crippen LogP contribution in [0.3, 0.4) is 0 Å². The highest BCUT2D eigenvalue weighted by molar-refractivity contribution is 5.71. The number of nitriles is 1. The molecule has 0 aliphatic heterocycles. The molecular weight excluding hydrogens is 202 g/mol. The summed E-state index contributed by atoms with van der Waals surface area (Å²) >= 11 is 0. The second-order valence-corrected chi connectivity index (χ2v) is 3.60. The van der Waals surface area contributed by atoms with E-state index < -0.39 is 5.92 Å². The third-order valence-electron chi connectivity index (χ3n) is 2.31. The van der Waals surface area contributed by atoms with E-state index in [1.807, 2.05) is 31.2 Å². The third-order valence-corrected chi connectivity index (χ3v) is 2.31. The molecule has 1 unspecified atom stereocenters. The molecule has 1 aromatic rings. The van der Waals surface area contributed by atoms with Crippen LogP contribution in [0, 0.1) is 18.3 Å². The number of benzene rings is 1. The van der Waals surface area contributed by atoms with E-state index in [0.29, 0.717) is 6.61 Å². The molecule has 0 fully saturated rings. The van der Waals surface area contributed by atoms with Crippen molar-refractivity contribution in [2.45, 2.75) is 26.2 Å². The lowest BCUT2D eigenvalue weighted by Gasteiger charge is -2.08. The van der Waals surface area contributed by atoms with Gasteiger partial charge in [0.2, 0.25) is 0 Å². The summed E-state index contributed by atoms with van der Waals surface area (Å²) < 4.78 is 4.83. The number of ether oxygens (including phenoxy) is 1. The van der Waals surface area contributed by atoms with Crippen molar-refractivity contribution in [3.63, 3.8) is 0 Å². The van der Waals surface area contributed by atoms with Gasteiger partial charge in [-0.1, -0.05) is 29.8 Å². The maximum atomic E-state index is 11.3. The van der Waals surface area contributed by atoms with E-state index in [1.54, 1.807) is 6.92 Å². The quantitative estimate of drug-likeness (QED) is 0.728. The molecule has 84 valence electrons. The lowest BCUT2D eigenvalue weighted by atomic mass is 9.96. The fourth-order valence-corrected chi connectivity index (χ4v) is 1.42. The fourth-order valence-electron chi connectivity index (χ4n) is 1.42. The van der Waals surface area contributed by atoms with Gasteiger partial charge in [0.05, 0.1) is 25.0 Å². The lowest BCUT2D eigenvalue weighted by Crippen LogP contribution is -2.09. The smallest absolute Gasteiger partial charge is 0.307 e. The first kappa shape index (κ1) is 12.3. The molecule has 1 rings (SSSR count). The van der Waals surface area contributed by atoms with Crippen molar-refractivity contribution in [2.24, 2.45) is 0 Å². The van der Waals surface area contributed by atoms with Crippen LogP contribution in [0.5, 0.6) is 0 Å².